The third-order valence-electron chi connectivity index (χ3n) is 6.28. The molecule has 0 aliphatic carbocycles. The lowest BCUT2D eigenvalue weighted by molar-refractivity contribution is -0.121. The Morgan fingerprint density at radius 1 is 1.08 bits per heavy atom. The van der Waals surface area contributed by atoms with Crippen LogP contribution in [0.4, 0.5) is 0 Å². The highest BCUT2D eigenvalue weighted by atomic mass is 35.5. The van der Waals surface area contributed by atoms with Gasteiger partial charge >= 0.3 is 0 Å². The molecule has 1 atom stereocenters. The average molecular weight is 500 g/mol. The van der Waals surface area contributed by atoms with Crippen LogP contribution < -0.4 is 10.1 Å². The summed E-state index contributed by atoms with van der Waals surface area (Å²) in [4.78, 5) is 20.5. The van der Waals surface area contributed by atoms with E-state index in [9.17, 15) is 4.79 Å². The van der Waals surface area contributed by atoms with E-state index in [1.165, 1.54) is 0 Å². The van der Waals surface area contributed by atoms with Crippen molar-refractivity contribution in [3.63, 3.8) is 0 Å². The average Bonchev–Trinajstić information content (AvgIpc) is 3.56. The molecule has 1 unspecified atom stereocenters. The monoisotopic (exact) mass is 499 g/mol. The molecule has 0 spiro atoms. The summed E-state index contributed by atoms with van der Waals surface area (Å²) in [6, 6.07) is 23.6. The van der Waals surface area contributed by atoms with Crippen molar-refractivity contribution in [2.24, 2.45) is 0 Å². The van der Waals surface area contributed by atoms with Gasteiger partial charge in [-0.2, -0.15) is 0 Å². The molecule has 0 saturated carbocycles. The Bertz CT molecular complexity index is 1470. The third-order valence-corrected chi connectivity index (χ3v) is 6.61. The number of rotatable bonds is 9. The molecular formula is C29H26ClN3O3. The number of amides is 1. The minimum Gasteiger partial charge on any atom is -0.497 e. The van der Waals surface area contributed by atoms with Gasteiger partial charge < -0.3 is 19.5 Å². The van der Waals surface area contributed by atoms with E-state index in [0.717, 1.165) is 33.3 Å². The second kappa shape index (κ2) is 10.7. The van der Waals surface area contributed by atoms with Gasteiger partial charge in [-0.15, -0.1) is 0 Å². The summed E-state index contributed by atoms with van der Waals surface area (Å²) in [5, 5.41) is 4.84. The maximum absolute atomic E-state index is 12.8. The number of hydrogen-bond acceptors (Lipinski definition) is 4. The van der Waals surface area contributed by atoms with E-state index in [-0.39, 0.29) is 18.2 Å². The third kappa shape index (κ3) is 5.14. The largest absolute Gasteiger partial charge is 0.497 e. The number of oxazole rings is 1. The molecule has 36 heavy (non-hydrogen) atoms. The Morgan fingerprint density at radius 3 is 2.67 bits per heavy atom. The molecule has 182 valence electrons. The van der Waals surface area contributed by atoms with Gasteiger partial charge in [-0.05, 0) is 41.5 Å². The van der Waals surface area contributed by atoms with Gasteiger partial charge in [-0.25, -0.2) is 4.98 Å². The maximum atomic E-state index is 12.8. The first-order chi connectivity index (χ1) is 17.6. The lowest BCUT2D eigenvalue weighted by atomic mass is 9.90. The number of hydrogen-bond donors (Lipinski definition) is 2. The Morgan fingerprint density at radius 2 is 1.86 bits per heavy atom. The van der Waals surface area contributed by atoms with Crippen LogP contribution in [0.2, 0.25) is 5.02 Å². The standard InChI is InChI=1S/C29H26ClN3O3/c1-35-20-12-10-19(11-13-20)23(24-17-31-26-9-5-3-6-21(24)26)16-32-28(34)14-15-29-33-18-27(36-29)22-7-2-4-8-25(22)30/h2-13,17-18,23,31H,14-16H2,1H3,(H,32,34). The van der Waals surface area contributed by atoms with Crippen molar-refractivity contribution in [1.82, 2.24) is 15.3 Å². The first kappa shape index (κ1) is 23.7. The molecule has 0 aliphatic heterocycles. The van der Waals surface area contributed by atoms with Crippen LogP contribution in [0.1, 0.15) is 29.4 Å². The molecule has 0 bridgehead atoms. The van der Waals surface area contributed by atoms with E-state index in [1.54, 1.807) is 19.4 Å². The van der Waals surface area contributed by atoms with Gasteiger partial charge in [0, 0.05) is 48.0 Å². The Labute approximate surface area is 214 Å². The number of carbonyl (C=O) groups excluding carboxylic acids is 1. The Balaban J connectivity index is 1.27. The van der Waals surface area contributed by atoms with E-state index in [1.807, 2.05) is 60.8 Å². The van der Waals surface area contributed by atoms with Crippen LogP contribution in [0.15, 0.2) is 89.6 Å². The molecule has 2 heterocycles. The van der Waals surface area contributed by atoms with Crippen molar-refractivity contribution in [3.8, 4) is 17.1 Å². The summed E-state index contributed by atoms with van der Waals surface area (Å²) in [5.41, 5.74) is 4.07. The Kier molecular flexibility index (Phi) is 7.05. The summed E-state index contributed by atoms with van der Waals surface area (Å²) in [6.45, 7) is 0.462. The van der Waals surface area contributed by atoms with E-state index >= 15 is 0 Å². The van der Waals surface area contributed by atoms with Gasteiger partial charge in [0.2, 0.25) is 5.91 Å². The predicted octanol–water partition coefficient (Wildman–Crippen LogP) is 6.37. The van der Waals surface area contributed by atoms with Crippen molar-refractivity contribution in [3.05, 3.63) is 107 Å². The van der Waals surface area contributed by atoms with Crippen LogP contribution in [-0.4, -0.2) is 29.5 Å². The number of aromatic amines is 1. The van der Waals surface area contributed by atoms with Crippen molar-refractivity contribution >= 4 is 28.4 Å². The van der Waals surface area contributed by atoms with Crippen LogP contribution in [0, 0.1) is 0 Å². The normalized spacial score (nSPS) is 11.9. The molecule has 0 fully saturated rings. The predicted molar refractivity (Wildman–Crippen MR) is 141 cm³/mol. The van der Waals surface area contributed by atoms with Crippen LogP contribution in [0.3, 0.4) is 0 Å². The summed E-state index contributed by atoms with van der Waals surface area (Å²) in [7, 11) is 1.65. The van der Waals surface area contributed by atoms with Crippen molar-refractivity contribution in [2.75, 3.05) is 13.7 Å². The molecule has 0 saturated heterocycles. The van der Waals surface area contributed by atoms with Gasteiger partial charge in [0.1, 0.15) is 5.75 Å². The second-order valence-electron chi connectivity index (χ2n) is 8.52. The number of benzene rings is 3. The number of ether oxygens (including phenoxy) is 1. The number of nitrogens with zero attached hydrogens (tertiary/aromatic N) is 1. The van der Waals surface area contributed by atoms with Crippen LogP contribution >= 0.6 is 11.6 Å². The smallest absolute Gasteiger partial charge is 0.220 e. The summed E-state index contributed by atoms with van der Waals surface area (Å²) < 4.78 is 11.2. The molecule has 5 rings (SSSR count). The fourth-order valence-corrected chi connectivity index (χ4v) is 4.59. The van der Waals surface area contributed by atoms with Crippen LogP contribution in [-0.2, 0) is 11.2 Å². The molecule has 3 aromatic carbocycles. The SMILES string of the molecule is COc1ccc(C(CNC(=O)CCc2ncc(-c3ccccc3Cl)o2)c2c[nH]c3ccccc23)cc1. The van der Waals surface area contributed by atoms with Crippen LogP contribution in [0.5, 0.6) is 5.75 Å². The van der Waals surface area contributed by atoms with Crippen LogP contribution in [0.25, 0.3) is 22.2 Å². The van der Waals surface area contributed by atoms with Gasteiger partial charge in [0.05, 0.1) is 18.3 Å². The number of H-pyrrole nitrogens is 1. The fourth-order valence-electron chi connectivity index (χ4n) is 4.36. The van der Waals surface area contributed by atoms with Gasteiger partial charge in [0.25, 0.3) is 0 Å². The quantitative estimate of drug-likeness (QED) is 0.247. The Hall–Kier alpha value is -4.03. The number of fused-ring (bicyclic) bond motifs is 1. The highest BCUT2D eigenvalue weighted by Gasteiger charge is 2.20. The van der Waals surface area contributed by atoms with E-state index < -0.39 is 0 Å². The van der Waals surface area contributed by atoms with E-state index in [0.29, 0.717) is 29.6 Å². The molecule has 5 aromatic rings. The maximum Gasteiger partial charge on any atom is 0.220 e. The molecule has 0 aliphatic rings. The van der Waals surface area contributed by atoms with Crippen molar-refractivity contribution in [1.29, 1.82) is 0 Å². The number of para-hydroxylation sites is 1. The van der Waals surface area contributed by atoms with Gasteiger partial charge in [-0.3, -0.25) is 4.79 Å². The highest BCUT2D eigenvalue weighted by Crippen LogP contribution is 2.32. The zero-order valence-electron chi connectivity index (χ0n) is 19.8. The second-order valence-corrected chi connectivity index (χ2v) is 8.92. The first-order valence-electron chi connectivity index (χ1n) is 11.8. The van der Waals surface area contributed by atoms with Gasteiger partial charge in [0.15, 0.2) is 11.7 Å². The minimum atomic E-state index is -0.0640. The molecule has 0 radical (unpaired) electrons. The number of aryl methyl sites for hydroxylation is 1. The highest BCUT2D eigenvalue weighted by molar-refractivity contribution is 6.33. The van der Waals surface area contributed by atoms with Crippen molar-refractivity contribution < 1.29 is 13.9 Å². The fraction of sp³-hybridized carbons (Fsp3) is 0.172. The molecule has 1 amide bonds. The van der Waals surface area contributed by atoms with Gasteiger partial charge in [-0.1, -0.05) is 54.1 Å². The lowest BCUT2D eigenvalue weighted by Crippen LogP contribution is -2.29. The minimum absolute atomic E-state index is 0.0235. The first-order valence-corrected chi connectivity index (χ1v) is 12.2. The number of halogens is 1. The summed E-state index contributed by atoms with van der Waals surface area (Å²) >= 11 is 6.25. The lowest BCUT2D eigenvalue weighted by Gasteiger charge is -2.18. The zero-order valence-corrected chi connectivity index (χ0v) is 20.6. The van der Waals surface area contributed by atoms with E-state index in [2.05, 4.69) is 27.4 Å². The number of aromatic nitrogens is 2. The molecule has 2 aromatic heterocycles. The summed E-state index contributed by atoms with van der Waals surface area (Å²) in [5.74, 6) is 1.80. The topological polar surface area (TPSA) is 80.2 Å². The van der Waals surface area contributed by atoms with Crippen molar-refractivity contribution in [2.45, 2.75) is 18.8 Å². The molecule has 6 nitrogen and oxygen atoms in total. The molecule has 2 N–H and O–H groups in total. The molecular weight excluding hydrogens is 474 g/mol. The molecule has 7 heteroatoms. The number of methoxy groups -OCH3 is 1. The number of nitrogens with one attached hydrogen (secondary N) is 2. The number of carbonyl (C=O) groups is 1. The zero-order chi connectivity index (χ0) is 24.9. The summed E-state index contributed by atoms with van der Waals surface area (Å²) in [6.07, 6.45) is 4.34. The van der Waals surface area contributed by atoms with E-state index in [4.69, 9.17) is 20.8 Å².